The Hall–Kier alpha value is -3.88. The van der Waals surface area contributed by atoms with Gasteiger partial charge in [0.2, 0.25) is 11.8 Å². The highest BCUT2D eigenvalue weighted by molar-refractivity contribution is 5.93. The van der Waals surface area contributed by atoms with Crippen LogP contribution in [0.1, 0.15) is 76.3 Å². The van der Waals surface area contributed by atoms with Crippen molar-refractivity contribution in [3.05, 3.63) is 70.8 Å². The highest BCUT2D eigenvalue weighted by atomic mass is 16.6. The molecular weight excluding hydrogens is 522 g/mol. The predicted molar refractivity (Wildman–Crippen MR) is 158 cm³/mol. The fraction of sp³-hybridized carbons (Fsp3) is 0.500. The largest absolute Gasteiger partial charge is 0.466 e. The second-order valence-electron chi connectivity index (χ2n) is 11.3. The molecule has 2 unspecified atom stereocenters. The Morgan fingerprint density at radius 3 is 2.07 bits per heavy atom. The van der Waals surface area contributed by atoms with Crippen molar-refractivity contribution >= 4 is 23.9 Å². The van der Waals surface area contributed by atoms with Gasteiger partial charge in [0, 0.05) is 19.0 Å². The number of esters is 1. The number of ether oxygens (including phenoxy) is 2. The molecular formula is C32H45N3O6. The summed E-state index contributed by atoms with van der Waals surface area (Å²) in [5.41, 5.74) is 2.45. The number of rotatable bonds is 12. The van der Waals surface area contributed by atoms with Crippen molar-refractivity contribution in [2.75, 3.05) is 13.2 Å². The van der Waals surface area contributed by atoms with Crippen molar-refractivity contribution in [2.45, 2.75) is 92.0 Å². The van der Waals surface area contributed by atoms with Crippen LogP contribution in [0, 0.1) is 13.8 Å². The van der Waals surface area contributed by atoms with Gasteiger partial charge in [-0.15, -0.1) is 0 Å². The third-order valence-electron chi connectivity index (χ3n) is 6.36. The van der Waals surface area contributed by atoms with Crippen LogP contribution < -0.4 is 10.6 Å². The van der Waals surface area contributed by atoms with E-state index in [0.717, 1.165) is 16.7 Å². The molecule has 3 amide bonds. The van der Waals surface area contributed by atoms with Gasteiger partial charge in [-0.25, -0.2) is 4.79 Å². The Kier molecular flexibility index (Phi) is 12.4. The third-order valence-corrected chi connectivity index (χ3v) is 6.36. The van der Waals surface area contributed by atoms with Gasteiger partial charge in [0.15, 0.2) is 0 Å². The average molecular weight is 568 g/mol. The van der Waals surface area contributed by atoms with E-state index in [4.69, 9.17) is 9.47 Å². The molecule has 0 spiro atoms. The van der Waals surface area contributed by atoms with Crippen molar-refractivity contribution in [1.82, 2.24) is 15.5 Å². The van der Waals surface area contributed by atoms with E-state index in [-0.39, 0.29) is 26.0 Å². The Labute approximate surface area is 244 Å². The zero-order valence-electron chi connectivity index (χ0n) is 25.6. The van der Waals surface area contributed by atoms with Crippen molar-refractivity contribution in [3.63, 3.8) is 0 Å². The molecule has 0 radical (unpaired) electrons. The van der Waals surface area contributed by atoms with Gasteiger partial charge in [-0.2, -0.15) is 0 Å². The summed E-state index contributed by atoms with van der Waals surface area (Å²) in [5, 5.41) is 5.59. The van der Waals surface area contributed by atoms with Crippen LogP contribution in [0.25, 0.3) is 0 Å². The van der Waals surface area contributed by atoms with Crippen molar-refractivity contribution in [3.8, 4) is 0 Å². The minimum absolute atomic E-state index is 0.00547. The molecule has 2 aromatic carbocycles. The highest BCUT2D eigenvalue weighted by Crippen LogP contribution is 2.30. The molecule has 0 bridgehead atoms. The van der Waals surface area contributed by atoms with Gasteiger partial charge >= 0.3 is 12.1 Å². The Balaban J connectivity index is 2.53. The first kappa shape index (κ1) is 33.3. The summed E-state index contributed by atoms with van der Waals surface area (Å²) in [7, 11) is 0. The number of carbonyl (C=O) groups excluding carboxylic acids is 4. The first-order valence-corrected chi connectivity index (χ1v) is 14.1. The first-order chi connectivity index (χ1) is 19.2. The van der Waals surface area contributed by atoms with Crippen LogP contribution in [0.2, 0.25) is 0 Å². The molecule has 2 rings (SSSR count). The minimum Gasteiger partial charge on any atom is -0.466 e. The zero-order chi connectivity index (χ0) is 30.7. The van der Waals surface area contributed by atoms with Crippen LogP contribution in [-0.2, 0) is 30.3 Å². The summed E-state index contributed by atoms with van der Waals surface area (Å²) in [4.78, 5) is 54.5. The van der Waals surface area contributed by atoms with Gasteiger partial charge < -0.3 is 25.0 Å². The topological polar surface area (TPSA) is 114 Å². The minimum atomic E-state index is -1.01. The number of carbonyl (C=O) groups is 4. The molecule has 0 heterocycles. The lowest BCUT2D eigenvalue weighted by molar-refractivity contribution is -0.145. The van der Waals surface area contributed by atoms with Crippen LogP contribution in [0.5, 0.6) is 0 Å². The highest BCUT2D eigenvalue weighted by Gasteiger charge is 2.39. The van der Waals surface area contributed by atoms with E-state index in [2.05, 4.69) is 10.6 Å². The Bertz CT molecular complexity index is 1170. The number of hydrogen-bond acceptors (Lipinski definition) is 6. The predicted octanol–water partition coefficient (Wildman–Crippen LogP) is 4.79. The smallest absolute Gasteiger partial charge is 0.408 e. The molecule has 41 heavy (non-hydrogen) atoms. The fourth-order valence-corrected chi connectivity index (χ4v) is 4.63. The molecule has 2 N–H and O–H groups in total. The summed E-state index contributed by atoms with van der Waals surface area (Å²) in [6.45, 7) is 14.7. The maximum absolute atomic E-state index is 14.4. The normalized spacial score (nSPS) is 12.7. The number of amides is 3. The van der Waals surface area contributed by atoms with Gasteiger partial charge in [0.1, 0.15) is 17.7 Å². The van der Waals surface area contributed by atoms with E-state index in [0.29, 0.717) is 5.56 Å². The lowest BCUT2D eigenvalue weighted by atomic mass is 9.92. The molecule has 0 aliphatic heterocycles. The maximum atomic E-state index is 14.4. The van der Waals surface area contributed by atoms with E-state index in [1.807, 2.05) is 76.2 Å². The Morgan fingerprint density at radius 1 is 0.927 bits per heavy atom. The summed E-state index contributed by atoms with van der Waals surface area (Å²) < 4.78 is 10.5. The maximum Gasteiger partial charge on any atom is 0.408 e. The Morgan fingerprint density at radius 2 is 1.54 bits per heavy atom. The van der Waals surface area contributed by atoms with Gasteiger partial charge in [0.05, 0.1) is 13.0 Å². The molecule has 224 valence electrons. The van der Waals surface area contributed by atoms with Crippen LogP contribution in [0.3, 0.4) is 0 Å². The van der Waals surface area contributed by atoms with E-state index in [9.17, 15) is 19.2 Å². The van der Waals surface area contributed by atoms with Gasteiger partial charge in [-0.1, -0.05) is 48.5 Å². The number of hydrogen-bond donors (Lipinski definition) is 2. The van der Waals surface area contributed by atoms with Crippen molar-refractivity contribution in [2.24, 2.45) is 0 Å². The molecule has 0 fully saturated rings. The number of nitrogens with one attached hydrogen (secondary N) is 2. The van der Waals surface area contributed by atoms with Gasteiger partial charge in [-0.3, -0.25) is 14.4 Å². The van der Waals surface area contributed by atoms with E-state index >= 15 is 0 Å². The lowest BCUT2D eigenvalue weighted by Crippen LogP contribution is -2.56. The van der Waals surface area contributed by atoms with Crippen LogP contribution in [-0.4, -0.2) is 59.6 Å². The summed E-state index contributed by atoms with van der Waals surface area (Å²) in [5.74, 6) is -1.27. The molecule has 0 saturated heterocycles. The average Bonchev–Trinajstić information content (AvgIpc) is 2.86. The molecule has 0 saturated carbocycles. The standard InChI is InChI=1S/C32H45N3O6/c1-9-40-26(36)18-19-33-29(37)28(27-22(4)14-13-15-23(27)5)35(21(2)3)30(38)25(20-24-16-11-10-12-17-24)34-31(39)41-32(6,7)8/h10-17,21,25,28H,9,18-20H2,1-8H3,(H,33,37)(H,34,39). The quantitative estimate of drug-likeness (QED) is 0.357. The summed E-state index contributed by atoms with van der Waals surface area (Å²) in [6, 6.07) is 12.6. The molecule has 0 aliphatic carbocycles. The van der Waals surface area contributed by atoms with Crippen LogP contribution in [0.15, 0.2) is 48.5 Å². The summed E-state index contributed by atoms with van der Waals surface area (Å²) >= 11 is 0. The van der Waals surface area contributed by atoms with Crippen LogP contribution in [0.4, 0.5) is 4.79 Å². The number of alkyl carbamates (subject to hydrolysis) is 1. The van der Waals surface area contributed by atoms with Gasteiger partial charge in [-0.05, 0) is 77.6 Å². The molecule has 0 aromatic heterocycles. The van der Waals surface area contributed by atoms with Crippen LogP contribution >= 0.6 is 0 Å². The van der Waals surface area contributed by atoms with Gasteiger partial charge in [0.25, 0.3) is 0 Å². The molecule has 0 aliphatic rings. The third kappa shape index (κ3) is 10.2. The van der Waals surface area contributed by atoms with Crippen molar-refractivity contribution in [1.29, 1.82) is 0 Å². The SMILES string of the molecule is CCOC(=O)CCNC(=O)C(c1c(C)cccc1C)N(C(=O)C(Cc1ccccc1)NC(=O)OC(C)(C)C)C(C)C. The second-order valence-corrected chi connectivity index (χ2v) is 11.3. The summed E-state index contributed by atoms with van der Waals surface area (Å²) in [6.07, 6.45) is -0.518. The number of nitrogens with zero attached hydrogens (tertiary/aromatic N) is 1. The molecule has 9 heteroatoms. The lowest BCUT2D eigenvalue weighted by Gasteiger charge is -2.38. The van der Waals surface area contributed by atoms with Crippen molar-refractivity contribution < 1.29 is 28.7 Å². The monoisotopic (exact) mass is 567 g/mol. The second kappa shape index (κ2) is 15.2. The number of benzene rings is 2. The van der Waals surface area contributed by atoms with E-state index in [1.54, 1.807) is 27.7 Å². The van der Waals surface area contributed by atoms with E-state index < -0.39 is 47.6 Å². The molecule has 2 aromatic rings. The zero-order valence-corrected chi connectivity index (χ0v) is 25.6. The molecule has 9 nitrogen and oxygen atoms in total. The number of aryl methyl sites for hydroxylation is 2. The van der Waals surface area contributed by atoms with E-state index in [1.165, 1.54) is 4.90 Å². The first-order valence-electron chi connectivity index (χ1n) is 14.1. The fourth-order valence-electron chi connectivity index (χ4n) is 4.63. The molecule has 2 atom stereocenters.